The maximum Gasteiger partial charge on any atom is 0.243 e. The van der Waals surface area contributed by atoms with Crippen LogP contribution in [0.3, 0.4) is 0 Å². The zero-order valence-electron chi connectivity index (χ0n) is 13.6. The van der Waals surface area contributed by atoms with Gasteiger partial charge in [0.2, 0.25) is 15.9 Å². The molecular weight excluding hydrogens is 364 g/mol. The fourth-order valence-electron chi connectivity index (χ4n) is 2.24. The second kappa shape index (κ2) is 8.44. The van der Waals surface area contributed by atoms with Crippen LogP contribution in [-0.4, -0.2) is 44.0 Å². The van der Waals surface area contributed by atoms with Gasteiger partial charge in [-0.15, -0.1) is 0 Å². The maximum atomic E-state index is 12.5. The molecule has 2 N–H and O–H groups in total. The van der Waals surface area contributed by atoms with E-state index in [2.05, 4.69) is 4.72 Å². The first-order valence-corrected chi connectivity index (χ1v) is 9.37. The van der Waals surface area contributed by atoms with Crippen molar-refractivity contribution in [2.24, 2.45) is 0 Å². The molecule has 0 aliphatic rings. The summed E-state index contributed by atoms with van der Waals surface area (Å²) in [5.41, 5.74) is 0.899. The highest BCUT2D eigenvalue weighted by molar-refractivity contribution is 7.89. The van der Waals surface area contributed by atoms with Crippen LogP contribution in [0.1, 0.15) is 5.56 Å². The zero-order chi connectivity index (χ0) is 18.4. The molecule has 2 aromatic rings. The molecule has 0 bridgehead atoms. The SMILES string of the molecule is CN(Cc1ccccc1)C(=O)C(CO)NS(=O)(=O)c1ccc(Cl)cc1. The van der Waals surface area contributed by atoms with E-state index in [4.69, 9.17) is 11.6 Å². The van der Waals surface area contributed by atoms with Crippen molar-refractivity contribution in [2.75, 3.05) is 13.7 Å². The number of aliphatic hydroxyl groups excluding tert-OH is 1. The predicted octanol–water partition coefficient (Wildman–Crippen LogP) is 1.64. The summed E-state index contributed by atoms with van der Waals surface area (Å²) in [6.07, 6.45) is 0. The van der Waals surface area contributed by atoms with Crippen LogP contribution in [0.5, 0.6) is 0 Å². The van der Waals surface area contributed by atoms with Crippen molar-refractivity contribution in [1.82, 2.24) is 9.62 Å². The van der Waals surface area contributed by atoms with Crippen molar-refractivity contribution in [1.29, 1.82) is 0 Å². The molecule has 25 heavy (non-hydrogen) atoms. The van der Waals surface area contributed by atoms with Gasteiger partial charge in [0.05, 0.1) is 11.5 Å². The lowest BCUT2D eigenvalue weighted by atomic mass is 10.2. The van der Waals surface area contributed by atoms with E-state index in [-0.39, 0.29) is 4.90 Å². The Morgan fingerprint density at radius 3 is 2.32 bits per heavy atom. The van der Waals surface area contributed by atoms with Crippen LogP contribution in [0.4, 0.5) is 0 Å². The van der Waals surface area contributed by atoms with Crippen molar-refractivity contribution in [2.45, 2.75) is 17.5 Å². The summed E-state index contributed by atoms with van der Waals surface area (Å²) in [6, 6.07) is 13.5. The minimum atomic E-state index is -3.96. The minimum absolute atomic E-state index is 0.0335. The molecule has 134 valence electrons. The molecule has 0 saturated heterocycles. The van der Waals surface area contributed by atoms with E-state index in [1.807, 2.05) is 30.3 Å². The summed E-state index contributed by atoms with van der Waals surface area (Å²) >= 11 is 5.75. The molecule has 0 aromatic heterocycles. The van der Waals surface area contributed by atoms with Crippen molar-refractivity contribution < 1.29 is 18.3 Å². The largest absolute Gasteiger partial charge is 0.394 e. The van der Waals surface area contributed by atoms with Gasteiger partial charge in [0.15, 0.2) is 0 Å². The lowest BCUT2D eigenvalue weighted by molar-refractivity contribution is -0.133. The van der Waals surface area contributed by atoms with E-state index in [1.54, 1.807) is 7.05 Å². The third kappa shape index (κ3) is 5.27. The summed E-state index contributed by atoms with van der Waals surface area (Å²) in [7, 11) is -2.41. The Morgan fingerprint density at radius 1 is 1.16 bits per heavy atom. The van der Waals surface area contributed by atoms with Crippen molar-refractivity contribution >= 4 is 27.5 Å². The monoisotopic (exact) mass is 382 g/mol. The molecule has 2 aromatic carbocycles. The zero-order valence-corrected chi connectivity index (χ0v) is 15.2. The first-order valence-electron chi connectivity index (χ1n) is 7.51. The van der Waals surface area contributed by atoms with Gasteiger partial charge in [-0.05, 0) is 29.8 Å². The molecular formula is C17H19ClN2O4S. The summed E-state index contributed by atoms with van der Waals surface area (Å²) in [5, 5.41) is 9.87. The first kappa shape index (κ1) is 19.4. The number of carbonyl (C=O) groups excluding carboxylic acids is 1. The van der Waals surface area contributed by atoms with Crippen LogP contribution in [-0.2, 0) is 21.4 Å². The Kier molecular flexibility index (Phi) is 6.55. The Morgan fingerprint density at radius 2 is 1.76 bits per heavy atom. The van der Waals surface area contributed by atoms with E-state index >= 15 is 0 Å². The molecule has 1 atom stereocenters. The van der Waals surface area contributed by atoms with Crippen LogP contribution in [0.15, 0.2) is 59.5 Å². The average molecular weight is 383 g/mol. The summed E-state index contributed by atoms with van der Waals surface area (Å²) in [4.78, 5) is 13.8. The van der Waals surface area contributed by atoms with Crippen molar-refractivity contribution in [3.8, 4) is 0 Å². The van der Waals surface area contributed by atoms with E-state index in [0.29, 0.717) is 11.6 Å². The van der Waals surface area contributed by atoms with E-state index in [1.165, 1.54) is 29.2 Å². The highest BCUT2D eigenvalue weighted by Gasteiger charge is 2.27. The maximum absolute atomic E-state index is 12.5. The smallest absolute Gasteiger partial charge is 0.243 e. The van der Waals surface area contributed by atoms with Gasteiger partial charge in [0.25, 0.3) is 0 Å². The molecule has 0 spiro atoms. The number of amides is 1. The molecule has 0 aliphatic carbocycles. The lowest BCUT2D eigenvalue weighted by Gasteiger charge is -2.23. The summed E-state index contributed by atoms with van der Waals surface area (Å²) in [6.45, 7) is -0.344. The number of benzene rings is 2. The number of hydrogen-bond acceptors (Lipinski definition) is 4. The highest BCUT2D eigenvalue weighted by atomic mass is 35.5. The average Bonchev–Trinajstić information content (AvgIpc) is 2.60. The van der Waals surface area contributed by atoms with Crippen molar-refractivity contribution in [3.63, 3.8) is 0 Å². The number of nitrogens with one attached hydrogen (secondary N) is 1. The van der Waals surface area contributed by atoms with Crippen LogP contribution in [0.25, 0.3) is 0 Å². The fraction of sp³-hybridized carbons (Fsp3) is 0.235. The highest BCUT2D eigenvalue weighted by Crippen LogP contribution is 2.14. The number of aliphatic hydroxyl groups is 1. The first-order chi connectivity index (χ1) is 11.8. The molecule has 0 saturated carbocycles. The van der Waals surface area contributed by atoms with Crippen LogP contribution in [0, 0.1) is 0 Å². The lowest BCUT2D eigenvalue weighted by Crippen LogP contribution is -2.49. The Labute approximate surface area is 152 Å². The molecule has 1 amide bonds. The van der Waals surface area contributed by atoms with Crippen LogP contribution < -0.4 is 4.72 Å². The van der Waals surface area contributed by atoms with Gasteiger partial charge in [-0.1, -0.05) is 41.9 Å². The molecule has 8 heteroatoms. The molecule has 0 heterocycles. The second-order valence-electron chi connectivity index (χ2n) is 5.49. The number of nitrogens with zero attached hydrogens (tertiary/aromatic N) is 1. The summed E-state index contributed by atoms with van der Waals surface area (Å²) < 4.78 is 27.0. The number of likely N-dealkylation sites (N-methyl/N-ethyl adjacent to an activating group) is 1. The number of rotatable bonds is 7. The van der Waals surface area contributed by atoms with Gasteiger partial charge in [-0.2, -0.15) is 4.72 Å². The van der Waals surface area contributed by atoms with Crippen molar-refractivity contribution in [3.05, 3.63) is 65.2 Å². The third-order valence-corrected chi connectivity index (χ3v) is 5.28. The molecule has 6 nitrogen and oxygen atoms in total. The van der Waals surface area contributed by atoms with Gasteiger partial charge in [0.1, 0.15) is 6.04 Å². The molecule has 0 aliphatic heterocycles. The van der Waals surface area contributed by atoms with E-state index in [0.717, 1.165) is 5.56 Å². The molecule has 0 fully saturated rings. The number of hydrogen-bond donors (Lipinski definition) is 2. The summed E-state index contributed by atoms with van der Waals surface area (Å²) in [5.74, 6) is -0.524. The van der Waals surface area contributed by atoms with E-state index < -0.39 is 28.6 Å². The Hall–Kier alpha value is -1.93. The Balaban J connectivity index is 2.10. The Bertz CT molecular complexity index is 810. The van der Waals surface area contributed by atoms with Crippen LogP contribution >= 0.6 is 11.6 Å². The molecule has 0 radical (unpaired) electrons. The number of halogens is 1. The van der Waals surface area contributed by atoms with Gasteiger partial charge in [0, 0.05) is 18.6 Å². The number of carbonyl (C=O) groups is 1. The van der Waals surface area contributed by atoms with Gasteiger partial charge < -0.3 is 10.0 Å². The fourth-order valence-corrected chi connectivity index (χ4v) is 3.54. The van der Waals surface area contributed by atoms with Gasteiger partial charge >= 0.3 is 0 Å². The van der Waals surface area contributed by atoms with Gasteiger partial charge in [-0.3, -0.25) is 4.79 Å². The second-order valence-corrected chi connectivity index (χ2v) is 7.64. The predicted molar refractivity (Wildman–Crippen MR) is 95.6 cm³/mol. The normalized spacial score (nSPS) is 12.6. The quantitative estimate of drug-likeness (QED) is 0.762. The van der Waals surface area contributed by atoms with Crippen LogP contribution in [0.2, 0.25) is 5.02 Å². The molecule has 1 unspecified atom stereocenters. The number of sulfonamides is 1. The standard InChI is InChI=1S/C17H19ClN2O4S/c1-20(11-13-5-3-2-4-6-13)17(22)16(12-21)19-25(23,24)15-9-7-14(18)8-10-15/h2-10,16,19,21H,11-12H2,1H3. The topological polar surface area (TPSA) is 86.7 Å². The van der Waals surface area contributed by atoms with Gasteiger partial charge in [-0.25, -0.2) is 8.42 Å². The third-order valence-electron chi connectivity index (χ3n) is 3.54. The minimum Gasteiger partial charge on any atom is -0.394 e. The van der Waals surface area contributed by atoms with E-state index in [9.17, 15) is 18.3 Å². The molecule has 2 rings (SSSR count).